The third-order valence-electron chi connectivity index (χ3n) is 3.43. The van der Waals surface area contributed by atoms with Crippen molar-refractivity contribution < 1.29 is 9.47 Å². The lowest BCUT2D eigenvalue weighted by molar-refractivity contribution is 0.0167. The molecule has 2 aliphatic carbocycles. The standard InChI is InChI=1S/C8H13NO2/c9-6-2-4-1-5(6)8-7(4)10-3-11-8/h4-8H,1-3,9H2. The average Bonchev–Trinajstić information content (AvgIpc) is 2.52. The molecular weight excluding hydrogens is 142 g/mol. The maximum absolute atomic E-state index is 5.94. The van der Waals surface area contributed by atoms with E-state index in [4.69, 9.17) is 15.2 Å². The lowest BCUT2D eigenvalue weighted by Gasteiger charge is -2.26. The van der Waals surface area contributed by atoms with Gasteiger partial charge in [-0.3, -0.25) is 0 Å². The molecule has 1 heterocycles. The van der Waals surface area contributed by atoms with Gasteiger partial charge in [-0.05, 0) is 18.8 Å². The van der Waals surface area contributed by atoms with Crippen molar-refractivity contribution in [2.24, 2.45) is 17.6 Å². The van der Waals surface area contributed by atoms with E-state index in [0.717, 1.165) is 6.42 Å². The number of ether oxygens (including phenoxy) is 2. The van der Waals surface area contributed by atoms with Gasteiger partial charge in [0.1, 0.15) is 6.79 Å². The molecule has 62 valence electrons. The average molecular weight is 155 g/mol. The topological polar surface area (TPSA) is 44.5 Å². The van der Waals surface area contributed by atoms with Gasteiger partial charge < -0.3 is 15.2 Å². The summed E-state index contributed by atoms with van der Waals surface area (Å²) in [5, 5.41) is 0. The monoisotopic (exact) mass is 155 g/mol. The maximum atomic E-state index is 5.94. The Balaban J connectivity index is 1.90. The SMILES string of the molecule is NC1CC2CC1C1OCOC21. The van der Waals surface area contributed by atoms with Gasteiger partial charge >= 0.3 is 0 Å². The zero-order valence-electron chi connectivity index (χ0n) is 6.40. The predicted molar refractivity (Wildman–Crippen MR) is 38.8 cm³/mol. The van der Waals surface area contributed by atoms with Crippen molar-refractivity contribution in [3.63, 3.8) is 0 Å². The fourth-order valence-corrected chi connectivity index (χ4v) is 2.95. The molecule has 1 aliphatic heterocycles. The summed E-state index contributed by atoms with van der Waals surface area (Å²) in [6.45, 7) is 0.495. The Labute approximate surface area is 65.8 Å². The van der Waals surface area contributed by atoms with Crippen molar-refractivity contribution >= 4 is 0 Å². The van der Waals surface area contributed by atoms with Crippen LogP contribution in [0.2, 0.25) is 0 Å². The van der Waals surface area contributed by atoms with E-state index in [2.05, 4.69) is 0 Å². The molecule has 2 N–H and O–H groups in total. The van der Waals surface area contributed by atoms with Gasteiger partial charge in [0.25, 0.3) is 0 Å². The van der Waals surface area contributed by atoms with Crippen molar-refractivity contribution in [1.29, 1.82) is 0 Å². The molecule has 3 heteroatoms. The molecule has 2 bridgehead atoms. The van der Waals surface area contributed by atoms with Crippen LogP contribution in [0, 0.1) is 11.8 Å². The lowest BCUT2D eigenvalue weighted by Crippen LogP contribution is -2.41. The van der Waals surface area contributed by atoms with Crippen LogP contribution in [0.4, 0.5) is 0 Å². The van der Waals surface area contributed by atoms with E-state index in [1.807, 2.05) is 0 Å². The first-order valence-corrected chi connectivity index (χ1v) is 4.35. The Bertz CT molecular complexity index is 185. The van der Waals surface area contributed by atoms with E-state index < -0.39 is 0 Å². The zero-order chi connectivity index (χ0) is 7.42. The molecule has 0 aromatic rings. The van der Waals surface area contributed by atoms with Crippen LogP contribution in [0.1, 0.15) is 12.8 Å². The van der Waals surface area contributed by atoms with Crippen LogP contribution in [0.5, 0.6) is 0 Å². The Kier molecular flexibility index (Phi) is 1.15. The minimum Gasteiger partial charge on any atom is -0.349 e. The number of hydrogen-bond acceptors (Lipinski definition) is 3. The highest BCUT2D eigenvalue weighted by Gasteiger charge is 2.55. The lowest BCUT2D eigenvalue weighted by atomic mass is 9.91. The third-order valence-corrected chi connectivity index (χ3v) is 3.43. The number of fused-ring (bicyclic) bond motifs is 5. The van der Waals surface area contributed by atoms with Gasteiger partial charge in [-0.25, -0.2) is 0 Å². The second-order valence-electron chi connectivity index (χ2n) is 3.94. The molecule has 0 amide bonds. The summed E-state index contributed by atoms with van der Waals surface area (Å²) in [5.74, 6) is 1.29. The van der Waals surface area contributed by atoms with Crippen molar-refractivity contribution in [2.75, 3.05) is 6.79 Å². The second kappa shape index (κ2) is 1.97. The summed E-state index contributed by atoms with van der Waals surface area (Å²) in [7, 11) is 0. The van der Waals surface area contributed by atoms with Gasteiger partial charge in [0.05, 0.1) is 12.2 Å². The summed E-state index contributed by atoms with van der Waals surface area (Å²) in [6, 6.07) is 0.378. The smallest absolute Gasteiger partial charge is 0.147 e. The van der Waals surface area contributed by atoms with Gasteiger partial charge in [-0.15, -0.1) is 0 Å². The van der Waals surface area contributed by atoms with E-state index in [1.165, 1.54) is 6.42 Å². The number of nitrogens with two attached hydrogens (primary N) is 1. The summed E-state index contributed by atoms with van der Waals surface area (Å²) in [5.41, 5.74) is 5.94. The molecule has 0 spiro atoms. The molecule has 0 aromatic heterocycles. The highest BCUT2D eigenvalue weighted by atomic mass is 16.7. The summed E-state index contributed by atoms with van der Waals surface area (Å²) in [6.07, 6.45) is 3.11. The van der Waals surface area contributed by atoms with Gasteiger partial charge in [0, 0.05) is 12.0 Å². The van der Waals surface area contributed by atoms with E-state index in [0.29, 0.717) is 36.9 Å². The van der Waals surface area contributed by atoms with E-state index in [1.54, 1.807) is 0 Å². The molecule has 3 fully saturated rings. The fraction of sp³-hybridized carbons (Fsp3) is 1.00. The third kappa shape index (κ3) is 0.687. The second-order valence-corrected chi connectivity index (χ2v) is 3.94. The molecule has 5 atom stereocenters. The van der Waals surface area contributed by atoms with Gasteiger partial charge in [-0.1, -0.05) is 0 Å². The largest absolute Gasteiger partial charge is 0.349 e. The predicted octanol–water partition coefficient (Wildman–Crippen LogP) is 0.0950. The summed E-state index contributed by atoms with van der Waals surface area (Å²) >= 11 is 0. The Morgan fingerprint density at radius 1 is 1.09 bits per heavy atom. The van der Waals surface area contributed by atoms with Crippen LogP contribution in [0.25, 0.3) is 0 Å². The molecule has 3 aliphatic rings. The molecule has 0 aromatic carbocycles. The van der Waals surface area contributed by atoms with Crippen LogP contribution in [-0.4, -0.2) is 25.0 Å². The minimum atomic E-state index is 0.337. The molecule has 3 nitrogen and oxygen atoms in total. The van der Waals surface area contributed by atoms with Crippen LogP contribution in [0.15, 0.2) is 0 Å². The van der Waals surface area contributed by atoms with Gasteiger partial charge in [-0.2, -0.15) is 0 Å². The summed E-state index contributed by atoms with van der Waals surface area (Å²) < 4.78 is 11.0. The first kappa shape index (κ1) is 6.40. The molecule has 2 saturated carbocycles. The maximum Gasteiger partial charge on any atom is 0.147 e. The normalized spacial score (nSPS) is 60.3. The van der Waals surface area contributed by atoms with Crippen LogP contribution in [0.3, 0.4) is 0 Å². The Morgan fingerprint density at radius 2 is 1.91 bits per heavy atom. The fourth-order valence-electron chi connectivity index (χ4n) is 2.95. The molecule has 5 unspecified atom stereocenters. The minimum absolute atomic E-state index is 0.337. The number of rotatable bonds is 0. The molecule has 3 rings (SSSR count). The summed E-state index contributed by atoms with van der Waals surface area (Å²) in [4.78, 5) is 0. The van der Waals surface area contributed by atoms with Crippen molar-refractivity contribution in [1.82, 2.24) is 0 Å². The molecule has 0 radical (unpaired) electrons. The Morgan fingerprint density at radius 3 is 2.82 bits per heavy atom. The van der Waals surface area contributed by atoms with Crippen molar-refractivity contribution in [3.8, 4) is 0 Å². The van der Waals surface area contributed by atoms with Crippen LogP contribution >= 0.6 is 0 Å². The molecule has 1 saturated heterocycles. The van der Waals surface area contributed by atoms with Crippen LogP contribution < -0.4 is 5.73 Å². The van der Waals surface area contributed by atoms with Crippen molar-refractivity contribution in [3.05, 3.63) is 0 Å². The van der Waals surface area contributed by atoms with E-state index in [-0.39, 0.29) is 0 Å². The zero-order valence-corrected chi connectivity index (χ0v) is 6.40. The van der Waals surface area contributed by atoms with Gasteiger partial charge in [0.2, 0.25) is 0 Å². The number of hydrogen-bond donors (Lipinski definition) is 1. The Hall–Kier alpha value is -0.120. The molecule has 11 heavy (non-hydrogen) atoms. The van der Waals surface area contributed by atoms with E-state index >= 15 is 0 Å². The van der Waals surface area contributed by atoms with Gasteiger partial charge in [0.15, 0.2) is 0 Å². The first-order valence-electron chi connectivity index (χ1n) is 4.35. The molecular formula is C8H13NO2. The van der Waals surface area contributed by atoms with Crippen LogP contribution in [-0.2, 0) is 9.47 Å². The highest BCUT2D eigenvalue weighted by molar-refractivity contribution is 5.05. The highest BCUT2D eigenvalue weighted by Crippen LogP contribution is 2.48. The quantitative estimate of drug-likeness (QED) is 0.539. The first-order chi connectivity index (χ1) is 5.36. The van der Waals surface area contributed by atoms with Crippen molar-refractivity contribution in [2.45, 2.75) is 31.1 Å². The van der Waals surface area contributed by atoms with E-state index in [9.17, 15) is 0 Å².